The summed E-state index contributed by atoms with van der Waals surface area (Å²) in [5, 5.41) is 0. The molecule has 17 heteroatoms. The summed E-state index contributed by atoms with van der Waals surface area (Å²) in [5.74, 6) is -3.15. The molecule has 0 fully saturated rings. The van der Waals surface area contributed by atoms with E-state index in [2.05, 4.69) is 76.3 Å². The van der Waals surface area contributed by atoms with E-state index in [0.717, 1.165) is 165 Å². The maximum atomic E-state index is 12.9. The van der Waals surface area contributed by atoms with Crippen LogP contribution in [0.25, 0.3) is 0 Å². The topological polar surface area (TPSA) is 220 Å². The van der Waals surface area contributed by atoms with E-state index in [9.17, 15) is 45.1 Å². The number of ether oxygens (including phenoxy) is 4. The fourth-order valence-corrected chi connectivity index (χ4v) is 12.0. The zero-order chi connectivity index (χ0) is 70.3. The summed E-state index contributed by atoms with van der Waals surface area (Å²) in [6, 6.07) is 6.19. The van der Waals surface area contributed by atoms with Crippen molar-refractivity contribution in [3.05, 3.63) is 107 Å². The average molecular weight is 1420 g/mol. The van der Waals surface area contributed by atoms with Gasteiger partial charge in [0.25, 0.3) is 0 Å². The summed E-state index contributed by atoms with van der Waals surface area (Å²) in [7, 11) is -9.63. The molecule has 0 aromatic heterocycles. The van der Waals surface area contributed by atoms with Crippen molar-refractivity contribution >= 4 is 81.9 Å². The molecule has 0 spiro atoms. The molecule has 2 aromatic carbocycles. The zero-order valence-electron chi connectivity index (χ0n) is 61.1. The second-order valence-corrected chi connectivity index (χ2v) is 28.5. The molecule has 14 nitrogen and oxygen atoms in total. The van der Waals surface area contributed by atoms with Gasteiger partial charge < -0.3 is 28.1 Å². The molecule has 0 aliphatic rings. The Morgan fingerprint density at radius 2 is 0.454 bits per heavy atom. The smallest absolute Gasteiger partial charge is 0.744 e. The number of carbonyl (C=O) groups excluding carboxylic acids is 4. The van der Waals surface area contributed by atoms with Crippen LogP contribution in [0.1, 0.15) is 377 Å². The van der Waals surface area contributed by atoms with Gasteiger partial charge in [-0.25, -0.2) is 36.0 Å². The predicted octanol–water partition coefficient (Wildman–Crippen LogP) is 22.5. The number of rotatable bonds is 62. The van der Waals surface area contributed by atoms with Gasteiger partial charge >= 0.3 is 61.6 Å². The quantitative estimate of drug-likeness (QED) is 0.0150. The molecule has 0 N–H and O–H groups in total. The summed E-state index contributed by atoms with van der Waals surface area (Å²) < 4.78 is 91.1. The molecule has 548 valence electrons. The second kappa shape index (κ2) is 65.7. The first-order chi connectivity index (χ1) is 46.6. The first-order valence-electron chi connectivity index (χ1n) is 38.1. The van der Waals surface area contributed by atoms with E-state index < -0.39 is 53.9 Å². The predicted molar refractivity (Wildman–Crippen MR) is 397 cm³/mol. The van der Waals surface area contributed by atoms with Crippen LogP contribution in [0.4, 0.5) is 0 Å². The Labute approximate surface area is 620 Å². The van der Waals surface area contributed by atoms with Crippen molar-refractivity contribution in [2.24, 2.45) is 0 Å². The van der Waals surface area contributed by atoms with Gasteiger partial charge in [-0.05, 0) is 165 Å². The van der Waals surface area contributed by atoms with Gasteiger partial charge in [-0.15, -0.1) is 0 Å². The molecule has 0 unspecified atom stereocenters. The van der Waals surface area contributed by atoms with Gasteiger partial charge in [0.1, 0.15) is 20.2 Å². The first kappa shape index (κ1) is 93.4. The number of esters is 4. The van der Waals surface area contributed by atoms with Crippen LogP contribution in [0.3, 0.4) is 0 Å². The standard InChI is InChI=1S/2C40H66O7S.Ca/c2*1-3-5-7-9-11-13-15-17-19-21-23-25-27-29-33-46-39(41)37-32-31-36(48(43,44)45)35-38(37)40(42)47-34-30-28-26-24-22-20-18-16-14-12-10-8-6-4-2;/h2*17-20,31-32,35H,3-16,21-30,33-34H2,1-2H3,(H,43,44,45);/q;;+2/p-2/b2*19-17+,20-18+;. The van der Waals surface area contributed by atoms with E-state index in [1.165, 1.54) is 154 Å². The van der Waals surface area contributed by atoms with E-state index in [0.29, 0.717) is 25.7 Å². The normalized spacial score (nSPS) is 11.8. The Bertz CT molecular complexity index is 2470. The number of unbranched alkanes of at least 4 members (excludes halogenated alkanes) is 40. The summed E-state index contributed by atoms with van der Waals surface area (Å²) in [6.07, 6.45) is 73.0. The third-order valence-corrected chi connectivity index (χ3v) is 18.7. The van der Waals surface area contributed by atoms with Crippen LogP contribution in [0.2, 0.25) is 0 Å². The van der Waals surface area contributed by atoms with Gasteiger partial charge in [-0.1, -0.05) is 256 Å². The van der Waals surface area contributed by atoms with E-state index in [-0.39, 0.29) is 86.4 Å². The SMILES string of the molecule is CCCCCCCC/C=C/CCCCCCOC(=O)c1ccc(S(=O)(=O)[O-])cc1C(=O)OCCCCCC/C=C/CCCCCCCC.CCCCCCCC/C=C/CCCCCCOC(=O)c1ccc(S(=O)(=O)[O-])cc1C(=O)OCCCCCC/C=C/CCCCCCCC.[Ca+2]. The number of benzene rings is 2. The van der Waals surface area contributed by atoms with E-state index in [4.69, 9.17) is 18.9 Å². The van der Waals surface area contributed by atoms with Crippen LogP contribution < -0.4 is 0 Å². The molecule has 0 saturated heterocycles. The molecular formula is C80H130CaO14S2. The fourth-order valence-electron chi connectivity index (χ4n) is 11.0. The van der Waals surface area contributed by atoms with Crippen LogP contribution in [0, 0.1) is 0 Å². The maximum absolute atomic E-state index is 12.9. The maximum Gasteiger partial charge on any atom is 2.00 e. The third-order valence-electron chi connectivity index (χ3n) is 17.0. The monoisotopic (exact) mass is 1420 g/mol. The van der Waals surface area contributed by atoms with Crippen LogP contribution >= 0.6 is 0 Å². The average Bonchev–Trinajstić information content (AvgIpc) is 0.828. The van der Waals surface area contributed by atoms with E-state index in [1.807, 2.05) is 0 Å². The number of carbonyl (C=O) groups is 4. The minimum Gasteiger partial charge on any atom is -0.744 e. The van der Waals surface area contributed by atoms with Gasteiger partial charge in [0.15, 0.2) is 0 Å². The molecule has 0 aliphatic carbocycles. The Hall–Kier alpha value is -3.64. The van der Waals surface area contributed by atoms with Crippen LogP contribution in [-0.4, -0.2) is 114 Å². The Morgan fingerprint density at radius 3 is 0.649 bits per heavy atom. The summed E-state index contributed by atoms with van der Waals surface area (Å²) in [5.41, 5.74) is -0.730. The largest absolute Gasteiger partial charge is 2.00 e. The molecule has 0 heterocycles. The van der Waals surface area contributed by atoms with Crippen molar-refractivity contribution < 1.29 is 64.1 Å². The molecular weight excluding hydrogens is 1290 g/mol. The van der Waals surface area contributed by atoms with Crippen molar-refractivity contribution in [2.75, 3.05) is 26.4 Å². The van der Waals surface area contributed by atoms with E-state index >= 15 is 0 Å². The second-order valence-electron chi connectivity index (χ2n) is 25.8. The zero-order valence-corrected chi connectivity index (χ0v) is 64.9. The third kappa shape index (κ3) is 53.8. The van der Waals surface area contributed by atoms with Gasteiger partial charge in [0.05, 0.1) is 58.5 Å². The summed E-state index contributed by atoms with van der Waals surface area (Å²) in [6.45, 7) is 9.61. The van der Waals surface area contributed by atoms with Crippen LogP contribution in [0.5, 0.6) is 0 Å². The minimum absolute atomic E-state index is 0. The Morgan fingerprint density at radius 1 is 0.278 bits per heavy atom. The molecule has 2 rings (SSSR count). The Balaban J connectivity index is 0.00000188. The minimum atomic E-state index is -4.82. The fraction of sp³-hybridized carbons (Fsp3) is 0.700. The Kier molecular flexibility index (Phi) is 63.2. The number of allylic oxidation sites excluding steroid dienone is 8. The molecule has 0 radical (unpaired) electrons. The van der Waals surface area contributed by atoms with Crippen LogP contribution in [-0.2, 0) is 39.2 Å². The van der Waals surface area contributed by atoms with Crippen molar-refractivity contribution in [2.45, 2.75) is 346 Å². The summed E-state index contributed by atoms with van der Waals surface area (Å²) >= 11 is 0. The van der Waals surface area contributed by atoms with Gasteiger partial charge in [0, 0.05) is 0 Å². The van der Waals surface area contributed by atoms with Gasteiger partial charge in [0.2, 0.25) is 0 Å². The molecule has 0 atom stereocenters. The molecule has 0 amide bonds. The molecule has 0 saturated carbocycles. The van der Waals surface area contributed by atoms with Crippen molar-refractivity contribution in [3.63, 3.8) is 0 Å². The molecule has 0 bridgehead atoms. The van der Waals surface area contributed by atoms with Crippen molar-refractivity contribution in [3.8, 4) is 0 Å². The summed E-state index contributed by atoms with van der Waals surface area (Å²) in [4.78, 5) is 50.1. The molecule has 97 heavy (non-hydrogen) atoms. The number of hydrogen-bond donors (Lipinski definition) is 0. The van der Waals surface area contributed by atoms with Crippen molar-refractivity contribution in [1.82, 2.24) is 0 Å². The number of hydrogen-bond acceptors (Lipinski definition) is 14. The van der Waals surface area contributed by atoms with Crippen molar-refractivity contribution in [1.29, 1.82) is 0 Å². The van der Waals surface area contributed by atoms with Gasteiger partial charge in [-0.2, -0.15) is 0 Å². The van der Waals surface area contributed by atoms with E-state index in [1.54, 1.807) is 0 Å². The molecule has 2 aromatic rings. The van der Waals surface area contributed by atoms with Crippen LogP contribution in [0.15, 0.2) is 94.8 Å². The first-order valence-corrected chi connectivity index (χ1v) is 40.9. The molecule has 0 aliphatic heterocycles. The van der Waals surface area contributed by atoms with Gasteiger partial charge in [-0.3, -0.25) is 0 Å².